The average molecular weight is 349 g/mol. The van der Waals surface area contributed by atoms with Crippen LogP contribution >= 0.6 is 0 Å². The molecule has 2 aliphatic carbocycles. The van der Waals surface area contributed by atoms with Gasteiger partial charge in [0.1, 0.15) is 0 Å². The molecule has 0 N–H and O–H groups in total. The van der Waals surface area contributed by atoms with Crippen LogP contribution < -0.4 is 0 Å². The molecule has 2 atom stereocenters. The molecule has 0 saturated heterocycles. The summed E-state index contributed by atoms with van der Waals surface area (Å²) in [7, 11) is 2.26. The van der Waals surface area contributed by atoms with Gasteiger partial charge in [0.2, 0.25) is 0 Å². The Morgan fingerprint density at radius 3 is 2.81 bits per heavy atom. The lowest BCUT2D eigenvalue weighted by Crippen LogP contribution is -2.27. The van der Waals surface area contributed by atoms with Crippen molar-refractivity contribution in [2.75, 3.05) is 13.6 Å². The van der Waals surface area contributed by atoms with Gasteiger partial charge in [-0.25, -0.2) is 0 Å². The molecule has 2 nitrogen and oxygen atoms in total. The molecule has 0 amide bonds. The zero-order valence-corrected chi connectivity index (χ0v) is 16.4. The third kappa shape index (κ3) is 2.74. The minimum Gasteiger partial charge on any atom is -0.320 e. The van der Waals surface area contributed by atoms with Crippen molar-refractivity contribution in [2.24, 2.45) is 11.8 Å². The molecule has 1 aliphatic heterocycles. The number of aromatic nitrogens is 1. The quantitative estimate of drug-likeness (QED) is 0.635. The number of benzene rings is 1. The lowest BCUT2D eigenvalue weighted by molar-refractivity contribution is 0.224. The highest BCUT2D eigenvalue weighted by molar-refractivity contribution is 5.88. The molecular formula is C24H32N2. The van der Waals surface area contributed by atoms with Gasteiger partial charge in [0.25, 0.3) is 0 Å². The van der Waals surface area contributed by atoms with Gasteiger partial charge in [0.15, 0.2) is 0 Å². The second-order valence-electron chi connectivity index (χ2n) is 9.05. The second-order valence-corrected chi connectivity index (χ2v) is 9.05. The minimum atomic E-state index is 0.863. The Balaban J connectivity index is 1.64. The van der Waals surface area contributed by atoms with Gasteiger partial charge in [0.05, 0.1) is 5.52 Å². The summed E-state index contributed by atoms with van der Waals surface area (Å²) in [6, 6.07) is 7.06. The highest BCUT2D eigenvalue weighted by Crippen LogP contribution is 2.44. The monoisotopic (exact) mass is 348 g/mol. The van der Waals surface area contributed by atoms with Crippen LogP contribution in [0.4, 0.5) is 0 Å². The number of likely N-dealkylation sites (N-methyl/N-ethyl adjacent to an activating group) is 1. The first-order valence-electron chi connectivity index (χ1n) is 10.7. The third-order valence-electron chi connectivity index (χ3n) is 7.25. The van der Waals surface area contributed by atoms with Crippen molar-refractivity contribution < 1.29 is 0 Å². The summed E-state index contributed by atoms with van der Waals surface area (Å²) in [4.78, 5) is 2.47. The van der Waals surface area contributed by atoms with Crippen LogP contribution in [0.25, 0.3) is 17.1 Å². The molecule has 0 spiro atoms. The van der Waals surface area contributed by atoms with E-state index in [0.29, 0.717) is 0 Å². The Bertz CT molecular complexity index is 855. The van der Waals surface area contributed by atoms with Crippen molar-refractivity contribution in [2.45, 2.75) is 64.8 Å². The highest BCUT2D eigenvalue weighted by atomic mass is 15.1. The molecule has 5 rings (SSSR count). The van der Waals surface area contributed by atoms with Crippen molar-refractivity contribution in [1.29, 1.82) is 0 Å². The van der Waals surface area contributed by atoms with Crippen molar-refractivity contribution in [3.8, 4) is 0 Å². The van der Waals surface area contributed by atoms with E-state index in [9.17, 15) is 0 Å². The molecule has 2 heteroatoms. The Morgan fingerprint density at radius 2 is 1.88 bits per heavy atom. The Hall–Kier alpha value is -1.54. The maximum atomic E-state index is 2.60. The van der Waals surface area contributed by atoms with Gasteiger partial charge < -0.3 is 9.47 Å². The van der Waals surface area contributed by atoms with Crippen LogP contribution in [-0.2, 0) is 13.0 Å². The highest BCUT2D eigenvalue weighted by Gasteiger charge is 2.31. The molecule has 2 fully saturated rings. The van der Waals surface area contributed by atoms with E-state index in [1.54, 1.807) is 16.8 Å². The number of fused-ring (bicyclic) bond motifs is 4. The first kappa shape index (κ1) is 16.6. The lowest BCUT2D eigenvalue weighted by Gasteiger charge is -2.37. The summed E-state index contributed by atoms with van der Waals surface area (Å²) < 4.78 is 2.60. The Morgan fingerprint density at radius 1 is 1.04 bits per heavy atom. The molecule has 2 heterocycles. The number of aryl methyl sites for hydroxylation is 1. The number of nitrogens with zero attached hydrogens (tertiary/aromatic N) is 2. The van der Waals surface area contributed by atoms with E-state index >= 15 is 0 Å². The third-order valence-corrected chi connectivity index (χ3v) is 7.25. The van der Waals surface area contributed by atoms with E-state index in [-0.39, 0.29) is 0 Å². The van der Waals surface area contributed by atoms with E-state index in [4.69, 9.17) is 0 Å². The van der Waals surface area contributed by atoms with Crippen LogP contribution in [0.15, 0.2) is 23.8 Å². The molecule has 2 aromatic rings. The molecule has 0 bridgehead atoms. The van der Waals surface area contributed by atoms with Crippen molar-refractivity contribution in [3.63, 3.8) is 0 Å². The molecule has 0 radical (unpaired) electrons. The second kappa shape index (κ2) is 6.56. The fraction of sp³-hybridized carbons (Fsp3) is 0.583. The normalized spacial score (nSPS) is 28.3. The zero-order valence-electron chi connectivity index (χ0n) is 16.4. The number of allylic oxidation sites excluding steroid dienone is 1. The van der Waals surface area contributed by atoms with Gasteiger partial charge in [-0.2, -0.15) is 0 Å². The first-order valence-corrected chi connectivity index (χ1v) is 10.7. The summed E-state index contributed by atoms with van der Waals surface area (Å²) in [5.41, 5.74) is 7.71. The van der Waals surface area contributed by atoms with Crippen LogP contribution in [-0.4, -0.2) is 23.1 Å². The number of hydrogen-bond donors (Lipinski definition) is 0. The smallest absolute Gasteiger partial charge is 0.0528 e. The van der Waals surface area contributed by atoms with Crippen molar-refractivity contribution >= 4 is 17.1 Å². The summed E-state index contributed by atoms with van der Waals surface area (Å²) >= 11 is 0. The first-order chi connectivity index (χ1) is 12.7. The fourth-order valence-corrected chi connectivity index (χ4v) is 5.91. The van der Waals surface area contributed by atoms with Crippen LogP contribution in [0.5, 0.6) is 0 Å². The number of rotatable bonds is 1. The maximum absolute atomic E-state index is 2.60. The number of hydrogen-bond acceptors (Lipinski definition) is 1. The summed E-state index contributed by atoms with van der Waals surface area (Å²) in [6.45, 7) is 4.50. The molecule has 26 heavy (non-hydrogen) atoms. The fourth-order valence-electron chi connectivity index (χ4n) is 5.91. The molecule has 2 unspecified atom stereocenters. The Labute approximate surface area is 157 Å². The Kier molecular flexibility index (Phi) is 4.20. The van der Waals surface area contributed by atoms with E-state index in [1.807, 2.05) is 0 Å². The summed E-state index contributed by atoms with van der Waals surface area (Å²) in [5.74, 6) is 1.83. The predicted molar refractivity (Wildman–Crippen MR) is 110 cm³/mol. The van der Waals surface area contributed by atoms with E-state index in [2.05, 4.69) is 47.8 Å². The van der Waals surface area contributed by atoms with Gasteiger partial charge in [-0.05, 0) is 75.6 Å². The SMILES string of the molecule is Cc1ccc2c(c1)c1c(n2/C=C2\CCCC3CCCCC23)CCN(C)C1. The largest absolute Gasteiger partial charge is 0.320 e. The van der Waals surface area contributed by atoms with Gasteiger partial charge >= 0.3 is 0 Å². The van der Waals surface area contributed by atoms with E-state index in [0.717, 1.165) is 18.4 Å². The van der Waals surface area contributed by atoms with Crippen LogP contribution in [0, 0.1) is 18.8 Å². The van der Waals surface area contributed by atoms with Crippen LogP contribution in [0.2, 0.25) is 0 Å². The topological polar surface area (TPSA) is 8.17 Å². The van der Waals surface area contributed by atoms with Crippen LogP contribution in [0.1, 0.15) is 61.8 Å². The van der Waals surface area contributed by atoms with Gasteiger partial charge in [-0.15, -0.1) is 0 Å². The van der Waals surface area contributed by atoms with Gasteiger partial charge in [-0.1, -0.05) is 30.0 Å². The standard InChI is InChI=1S/C24H32N2/c1-17-10-11-23-21(14-17)22-16-25(2)13-12-24(22)26(23)15-19-8-5-7-18-6-3-4-9-20(18)19/h10-11,14-15,18,20H,3-9,12-13,16H2,1-2H3/b19-15+. The van der Waals surface area contributed by atoms with Gasteiger partial charge in [-0.3, -0.25) is 0 Å². The molecule has 138 valence electrons. The maximum Gasteiger partial charge on any atom is 0.0528 e. The minimum absolute atomic E-state index is 0.863. The predicted octanol–water partition coefficient (Wildman–Crippen LogP) is 5.77. The van der Waals surface area contributed by atoms with Crippen LogP contribution in [0.3, 0.4) is 0 Å². The van der Waals surface area contributed by atoms with Crippen molar-refractivity contribution in [3.05, 3.63) is 40.6 Å². The molecule has 2 saturated carbocycles. The zero-order chi connectivity index (χ0) is 17.7. The summed E-state index contributed by atoms with van der Waals surface area (Å²) in [5, 5.41) is 1.49. The average Bonchev–Trinajstić information content (AvgIpc) is 2.94. The summed E-state index contributed by atoms with van der Waals surface area (Å²) in [6.07, 6.45) is 13.8. The van der Waals surface area contributed by atoms with Crippen molar-refractivity contribution in [1.82, 2.24) is 9.47 Å². The molecular weight excluding hydrogens is 316 g/mol. The van der Waals surface area contributed by atoms with Gasteiger partial charge in [0, 0.05) is 36.8 Å². The molecule has 1 aromatic heterocycles. The van der Waals surface area contributed by atoms with E-state index < -0.39 is 0 Å². The van der Waals surface area contributed by atoms with E-state index in [1.165, 1.54) is 74.4 Å². The molecule has 1 aromatic carbocycles. The molecule has 3 aliphatic rings. The lowest BCUT2D eigenvalue weighted by atomic mass is 9.68.